The monoisotopic (exact) mass is 240 g/mol. The van der Waals surface area contributed by atoms with Crippen molar-refractivity contribution < 1.29 is 0 Å². The summed E-state index contributed by atoms with van der Waals surface area (Å²) in [6, 6.07) is 8.48. The van der Waals surface area contributed by atoms with E-state index in [1.54, 1.807) is 0 Å². The van der Waals surface area contributed by atoms with E-state index in [4.69, 9.17) is 5.73 Å². The molecule has 0 aliphatic carbocycles. The fourth-order valence-electron chi connectivity index (χ4n) is 0.894. The van der Waals surface area contributed by atoms with Crippen molar-refractivity contribution in [2.75, 3.05) is 0 Å². The van der Waals surface area contributed by atoms with Crippen LogP contribution in [0.5, 0.6) is 0 Å². The molecule has 10 heavy (non-hydrogen) atoms. The molecule has 1 rings (SSSR count). The molecule has 1 atom stereocenters. The van der Waals surface area contributed by atoms with Gasteiger partial charge in [0.2, 0.25) is 0 Å². The maximum absolute atomic E-state index is 5.73. The molecular formula is C8H10NSn+3. The second-order valence-electron chi connectivity index (χ2n) is 2.38. The van der Waals surface area contributed by atoms with Crippen molar-refractivity contribution in [3.63, 3.8) is 0 Å². The third-order valence-corrected chi connectivity index (χ3v) is 2.75. The molecule has 0 heterocycles. The Kier molecular flexibility index (Phi) is 2.74. The molecule has 0 fully saturated rings. The van der Waals surface area contributed by atoms with E-state index < -0.39 is 0 Å². The van der Waals surface area contributed by atoms with Gasteiger partial charge in [-0.15, -0.1) is 0 Å². The van der Waals surface area contributed by atoms with Crippen molar-refractivity contribution >= 4 is 26.1 Å². The number of nitrogens with two attached hydrogens (primary N) is 1. The number of hydrogen-bond acceptors (Lipinski definition) is 1. The number of benzene rings is 1. The number of hydrogen-bond donors (Lipinski definition) is 1. The first-order chi connectivity index (χ1) is 4.72. The summed E-state index contributed by atoms with van der Waals surface area (Å²) in [4.78, 5) is 0. The molecule has 2 heteroatoms. The van der Waals surface area contributed by atoms with Crippen LogP contribution in [0.25, 0.3) is 0 Å². The predicted octanol–water partition coefficient (Wildman–Crippen LogP) is 0.500. The van der Waals surface area contributed by atoms with Gasteiger partial charge in [0.05, 0.1) is 0 Å². The van der Waals surface area contributed by atoms with Crippen molar-refractivity contribution in [3.05, 3.63) is 29.8 Å². The molecule has 0 amide bonds. The van der Waals surface area contributed by atoms with Crippen LogP contribution in [-0.2, 0) is 0 Å². The molecule has 1 unspecified atom stereocenters. The fourth-order valence-corrected chi connectivity index (χ4v) is 2.06. The van der Waals surface area contributed by atoms with Gasteiger partial charge in [-0.25, -0.2) is 0 Å². The Bertz CT molecular complexity index is 220. The summed E-state index contributed by atoms with van der Waals surface area (Å²) in [6.07, 6.45) is 0. The Morgan fingerprint density at radius 1 is 1.40 bits per heavy atom. The Morgan fingerprint density at radius 3 is 2.40 bits per heavy atom. The van der Waals surface area contributed by atoms with Gasteiger partial charge in [0, 0.05) is 0 Å². The molecule has 0 saturated carbocycles. The molecule has 1 aromatic carbocycles. The van der Waals surface area contributed by atoms with Crippen molar-refractivity contribution in [2.24, 2.45) is 5.73 Å². The summed E-state index contributed by atoms with van der Waals surface area (Å²) in [5.74, 6) is 0. The van der Waals surface area contributed by atoms with Crippen LogP contribution in [0.3, 0.4) is 0 Å². The third kappa shape index (κ3) is 1.73. The van der Waals surface area contributed by atoms with Crippen LogP contribution in [-0.4, -0.2) is 22.5 Å². The van der Waals surface area contributed by atoms with E-state index in [0.29, 0.717) is 0 Å². The molecule has 2 N–H and O–H groups in total. The molecule has 1 aromatic rings. The summed E-state index contributed by atoms with van der Waals surface area (Å²) in [7, 11) is 0. The zero-order valence-corrected chi connectivity index (χ0v) is 8.82. The number of rotatable bonds is 1. The first-order valence-corrected chi connectivity index (χ1v) is 4.70. The van der Waals surface area contributed by atoms with Crippen molar-refractivity contribution in [3.8, 4) is 0 Å². The second kappa shape index (κ2) is 3.39. The van der Waals surface area contributed by atoms with E-state index in [9.17, 15) is 0 Å². The van der Waals surface area contributed by atoms with E-state index in [0.717, 1.165) is 0 Å². The maximum atomic E-state index is 5.73. The van der Waals surface area contributed by atoms with Crippen LogP contribution in [0.2, 0.25) is 0 Å². The molecule has 0 spiro atoms. The zero-order chi connectivity index (χ0) is 7.56. The average molecular weight is 239 g/mol. The van der Waals surface area contributed by atoms with E-state index >= 15 is 0 Å². The fraction of sp³-hybridized carbons (Fsp3) is 0.250. The van der Waals surface area contributed by atoms with Crippen LogP contribution >= 0.6 is 0 Å². The summed E-state index contributed by atoms with van der Waals surface area (Å²) < 4.78 is 1.37. The second-order valence-corrected chi connectivity index (χ2v) is 3.91. The van der Waals surface area contributed by atoms with Crippen LogP contribution < -0.4 is 9.31 Å². The summed E-state index contributed by atoms with van der Waals surface area (Å²) >= 11 is 1.44. The molecule has 0 aliphatic heterocycles. The van der Waals surface area contributed by atoms with Gasteiger partial charge in [-0.3, -0.25) is 0 Å². The van der Waals surface area contributed by atoms with E-state index in [1.807, 2.05) is 13.0 Å². The molecule has 0 aliphatic rings. The Balaban J connectivity index is 3.03. The van der Waals surface area contributed by atoms with Gasteiger partial charge in [-0.05, 0) is 0 Å². The quantitative estimate of drug-likeness (QED) is 0.709. The van der Waals surface area contributed by atoms with Crippen molar-refractivity contribution in [2.45, 2.75) is 13.0 Å². The van der Waals surface area contributed by atoms with Gasteiger partial charge >= 0.3 is 74.6 Å². The predicted molar refractivity (Wildman–Crippen MR) is 44.4 cm³/mol. The van der Waals surface area contributed by atoms with E-state index in [2.05, 4.69) is 18.2 Å². The summed E-state index contributed by atoms with van der Waals surface area (Å²) in [5.41, 5.74) is 7.01. The minimum absolute atomic E-state index is 0.176. The topological polar surface area (TPSA) is 26.0 Å². The molecule has 0 saturated heterocycles. The van der Waals surface area contributed by atoms with Gasteiger partial charge < -0.3 is 0 Å². The minimum atomic E-state index is 0.176. The summed E-state index contributed by atoms with van der Waals surface area (Å²) in [6.45, 7) is 2.02. The average Bonchev–Trinajstić information content (AvgIpc) is 1.88. The van der Waals surface area contributed by atoms with Crippen molar-refractivity contribution in [1.29, 1.82) is 0 Å². The molecule has 48 valence electrons. The van der Waals surface area contributed by atoms with Crippen LogP contribution in [0.15, 0.2) is 24.3 Å². The first-order valence-electron chi connectivity index (χ1n) is 3.28. The van der Waals surface area contributed by atoms with Gasteiger partial charge in [0.25, 0.3) is 0 Å². The molecule has 0 bridgehead atoms. The molecule has 0 aromatic heterocycles. The van der Waals surface area contributed by atoms with Gasteiger partial charge in [-0.1, -0.05) is 0 Å². The first kappa shape index (κ1) is 8.08. The van der Waals surface area contributed by atoms with Gasteiger partial charge in [0.1, 0.15) is 0 Å². The molecular weight excluding hydrogens is 229 g/mol. The normalized spacial score (nSPS) is 13.2. The van der Waals surface area contributed by atoms with Crippen LogP contribution in [0.1, 0.15) is 18.5 Å². The zero-order valence-electron chi connectivity index (χ0n) is 5.96. The van der Waals surface area contributed by atoms with Crippen LogP contribution in [0.4, 0.5) is 0 Å². The van der Waals surface area contributed by atoms with E-state index in [1.165, 1.54) is 31.7 Å². The van der Waals surface area contributed by atoms with E-state index in [-0.39, 0.29) is 6.04 Å². The third-order valence-electron chi connectivity index (χ3n) is 1.45. The van der Waals surface area contributed by atoms with Gasteiger partial charge in [-0.2, -0.15) is 0 Å². The molecule has 0 radical (unpaired) electrons. The molecule has 1 nitrogen and oxygen atoms in total. The Morgan fingerprint density at radius 2 is 2.00 bits per heavy atom. The SMILES string of the molecule is CC(N)c1cccc[c]1[Sn+3]. The standard InChI is InChI=1S/C8H10N.Sn/c1-7(9)8-5-3-2-4-6-8;/h2-5,7H,9H2,1H3;/q;+3. The Labute approximate surface area is 74.7 Å². The van der Waals surface area contributed by atoms with Crippen molar-refractivity contribution in [1.82, 2.24) is 0 Å². The van der Waals surface area contributed by atoms with Crippen LogP contribution in [0, 0.1) is 0 Å². The summed E-state index contributed by atoms with van der Waals surface area (Å²) in [5, 5.41) is 0. The van der Waals surface area contributed by atoms with Gasteiger partial charge in [0.15, 0.2) is 0 Å². The Hall–Kier alpha value is -0.0213.